The number of likely N-dealkylation sites (tertiary alicyclic amines) is 1. The van der Waals surface area contributed by atoms with E-state index in [0.717, 1.165) is 23.9 Å². The Kier molecular flexibility index (Phi) is 6.00. The summed E-state index contributed by atoms with van der Waals surface area (Å²) in [4.78, 5) is 2.55. The number of fused-ring (bicyclic) bond motifs is 1. The van der Waals surface area contributed by atoms with Crippen molar-refractivity contribution in [1.29, 1.82) is 0 Å². The summed E-state index contributed by atoms with van der Waals surface area (Å²) in [6.07, 6.45) is 3.79. The number of benzene rings is 1. The van der Waals surface area contributed by atoms with Crippen molar-refractivity contribution in [3.8, 4) is 17.2 Å². The molecule has 0 bridgehead atoms. The largest absolute Gasteiger partial charge is 0.493 e. The van der Waals surface area contributed by atoms with E-state index >= 15 is 0 Å². The fraction of sp³-hybridized carbons (Fsp3) is 0.625. The highest BCUT2D eigenvalue weighted by Crippen LogP contribution is 2.35. The number of hydrogen-bond acceptors (Lipinski definition) is 4. The van der Waals surface area contributed by atoms with Crippen molar-refractivity contribution < 1.29 is 14.2 Å². The number of nitrogens with zero attached hydrogens (tertiary/aromatic N) is 1. The first-order valence-corrected chi connectivity index (χ1v) is 7.60. The van der Waals surface area contributed by atoms with E-state index in [9.17, 15) is 0 Å². The molecule has 0 N–H and O–H groups in total. The molecule has 1 unspecified atom stereocenters. The Morgan fingerprint density at radius 3 is 3.00 bits per heavy atom. The Hall–Kier alpha value is -1.13. The van der Waals surface area contributed by atoms with Crippen LogP contribution in [-0.2, 0) is 0 Å². The van der Waals surface area contributed by atoms with Crippen LogP contribution in [0.25, 0.3) is 0 Å². The summed E-state index contributed by atoms with van der Waals surface area (Å²) in [6.45, 7) is 6.97. The summed E-state index contributed by atoms with van der Waals surface area (Å²) in [5.41, 5.74) is 0. The minimum absolute atomic E-state index is 0. The summed E-state index contributed by atoms with van der Waals surface area (Å²) >= 11 is 0. The summed E-state index contributed by atoms with van der Waals surface area (Å²) in [6, 6.07) is 5.80. The number of piperidine rings is 1. The molecule has 1 atom stereocenters. The zero-order chi connectivity index (χ0) is 13.8. The zero-order valence-electron chi connectivity index (χ0n) is 12.5. The lowest BCUT2D eigenvalue weighted by molar-refractivity contribution is 0.130. The second-order valence-electron chi connectivity index (χ2n) is 5.63. The first-order valence-electron chi connectivity index (χ1n) is 7.60. The molecule has 2 aliphatic heterocycles. The van der Waals surface area contributed by atoms with Gasteiger partial charge in [-0.05, 0) is 44.5 Å². The van der Waals surface area contributed by atoms with Crippen molar-refractivity contribution in [2.24, 2.45) is 5.92 Å². The predicted octanol–water partition coefficient (Wildman–Crippen LogP) is 3.34. The van der Waals surface area contributed by atoms with Crippen LogP contribution in [0.2, 0.25) is 0 Å². The van der Waals surface area contributed by atoms with E-state index < -0.39 is 0 Å². The highest BCUT2D eigenvalue weighted by molar-refractivity contribution is 5.85. The Bertz CT molecular complexity index is 453. The van der Waals surface area contributed by atoms with Crippen molar-refractivity contribution in [2.45, 2.75) is 26.2 Å². The fourth-order valence-electron chi connectivity index (χ4n) is 2.99. The van der Waals surface area contributed by atoms with E-state index in [1.54, 1.807) is 0 Å². The maximum Gasteiger partial charge on any atom is 0.231 e. The van der Waals surface area contributed by atoms with Gasteiger partial charge in [0.05, 0.1) is 6.61 Å². The summed E-state index contributed by atoms with van der Waals surface area (Å²) in [5, 5.41) is 0. The molecule has 2 heterocycles. The molecule has 118 valence electrons. The van der Waals surface area contributed by atoms with Gasteiger partial charge in [0.2, 0.25) is 6.79 Å². The molecule has 1 aromatic rings. The normalized spacial score (nSPS) is 20.9. The third-order valence-electron chi connectivity index (χ3n) is 3.97. The molecule has 1 saturated heterocycles. The summed E-state index contributed by atoms with van der Waals surface area (Å²) in [5.74, 6) is 3.12. The Labute approximate surface area is 132 Å². The third kappa shape index (κ3) is 4.17. The standard InChI is InChI=1S/C16H23NO3.ClH/c1-2-7-17-8-3-4-13(10-17)11-18-14-5-6-15-16(9-14)20-12-19-15;/h5-6,9,13H,2-4,7-8,10-12H2,1H3;1H. The van der Waals surface area contributed by atoms with Crippen LogP contribution in [0.1, 0.15) is 26.2 Å². The van der Waals surface area contributed by atoms with Gasteiger partial charge in [0.15, 0.2) is 11.5 Å². The second-order valence-corrected chi connectivity index (χ2v) is 5.63. The highest BCUT2D eigenvalue weighted by Gasteiger charge is 2.20. The maximum absolute atomic E-state index is 5.93. The SMILES string of the molecule is CCCN1CCCC(COc2ccc3c(c2)OCO3)C1.Cl. The quantitative estimate of drug-likeness (QED) is 0.834. The molecule has 2 aliphatic rings. The van der Waals surface area contributed by atoms with E-state index in [1.807, 2.05) is 18.2 Å². The lowest BCUT2D eigenvalue weighted by Gasteiger charge is -2.32. The zero-order valence-corrected chi connectivity index (χ0v) is 13.4. The molecule has 3 rings (SSSR count). The number of hydrogen-bond donors (Lipinski definition) is 0. The molecular formula is C16H24ClNO3. The smallest absolute Gasteiger partial charge is 0.231 e. The Balaban J connectivity index is 0.00000161. The van der Waals surface area contributed by atoms with Crippen molar-refractivity contribution in [3.63, 3.8) is 0 Å². The average molecular weight is 314 g/mol. The van der Waals surface area contributed by atoms with Gasteiger partial charge < -0.3 is 19.1 Å². The van der Waals surface area contributed by atoms with Crippen LogP contribution in [0, 0.1) is 5.92 Å². The Morgan fingerprint density at radius 2 is 2.14 bits per heavy atom. The molecule has 5 heteroatoms. The molecule has 0 radical (unpaired) electrons. The van der Waals surface area contributed by atoms with Gasteiger partial charge in [-0.3, -0.25) is 0 Å². The van der Waals surface area contributed by atoms with Crippen LogP contribution in [0.15, 0.2) is 18.2 Å². The van der Waals surface area contributed by atoms with Gasteiger partial charge in [-0.25, -0.2) is 0 Å². The van der Waals surface area contributed by atoms with Gasteiger partial charge in [-0.15, -0.1) is 12.4 Å². The summed E-state index contributed by atoms with van der Waals surface area (Å²) in [7, 11) is 0. The molecule has 0 aliphatic carbocycles. The van der Waals surface area contributed by atoms with E-state index in [2.05, 4.69) is 11.8 Å². The highest BCUT2D eigenvalue weighted by atomic mass is 35.5. The van der Waals surface area contributed by atoms with Crippen LogP contribution < -0.4 is 14.2 Å². The first kappa shape index (κ1) is 16.2. The van der Waals surface area contributed by atoms with Crippen LogP contribution in [0.3, 0.4) is 0 Å². The Morgan fingerprint density at radius 1 is 1.29 bits per heavy atom. The van der Waals surface area contributed by atoms with Gasteiger partial charge in [-0.1, -0.05) is 6.92 Å². The van der Waals surface area contributed by atoms with Gasteiger partial charge in [-0.2, -0.15) is 0 Å². The van der Waals surface area contributed by atoms with Crippen molar-refractivity contribution in [2.75, 3.05) is 33.0 Å². The number of halogens is 1. The minimum Gasteiger partial charge on any atom is -0.493 e. The van der Waals surface area contributed by atoms with Crippen molar-refractivity contribution in [1.82, 2.24) is 4.90 Å². The fourth-order valence-corrected chi connectivity index (χ4v) is 2.99. The molecular weight excluding hydrogens is 290 g/mol. The molecule has 4 nitrogen and oxygen atoms in total. The topological polar surface area (TPSA) is 30.9 Å². The molecule has 21 heavy (non-hydrogen) atoms. The van der Waals surface area contributed by atoms with Gasteiger partial charge in [0.1, 0.15) is 5.75 Å². The van der Waals surface area contributed by atoms with E-state index in [-0.39, 0.29) is 12.4 Å². The monoisotopic (exact) mass is 313 g/mol. The van der Waals surface area contributed by atoms with Gasteiger partial charge in [0.25, 0.3) is 0 Å². The third-order valence-corrected chi connectivity index (χ3v) is 3.97. The van der Waals surface area contributed by atoms with Crippen LogP contribution >= 0.6 is 12.4 Å². The first-order chi connectivity index (χ1) is 9.85. The minimum atomic E-state index is 0. The van der Waals surface area contributed by atoms with Crippen molar-refractivity contribution in [3.05, 3.63) is 18.2 Å². The van der Waals surface area contributed by atoms with E-state index in [1.165, 1.54) is 38.9 Å². The predicted molar refractivity (Wildman–Crippen MR) is 84.8 cm³/mol. The molecule has 0 spiro atoms. The average Bonchev–Trinajstić information content (AvgIpc) is 2.93. The van der Waals surface area contributed by atoms with E-state index in [4.69, 9.17) is 14.2 Å². The number of ether oxygens (including phenoxy) is 3. The summed E-state index contributed by atoms with van der Waals surface area (Å²) < 4.78 is 16.6. The van der Waals surface area contributed by atoms with Crippen LogP contribution in [-0.4, -0.2) is 37.9 Å². The van der Waals surface area contributed by atoms with E-state index in [0.29, 0.717) is 12.7 Å². The van der Waals surface area contributed by atoms with Crippen LogP contribution in [0.5, 0.6) is 17.2 Å². The van der Waals surface area contributed by atoms with Gasteiger partial charge >= 0.3 is 0 Å². The van der Waals surface area contributed by atoms with Crippen LogP contribution in [0.4, 0.5) is 0 Å². The molecule has 1 fully saturated rings. The lowest BCUT2D eigenvalue weighted by Crippen LogP contribution is -2.38. The lowest BCUT2D eigenvalue weighted by atomic mass is 9.99. The van der Waals surface area contributed by atoms with Gasteiger partial charge in [0, 0.05) is 18.5 Å². The number of rotatable bonds is 5. The molecule has 0 amide bonds. The second kappa shape index (κ2) is 7.76. The molecule has 1 aromatic carbocycles. The molecule has 0 saturated carbocycles. The van der Waals surface area contributed by atoms with Crippen molar-refractivity contribution >= 4 is 12.4 Å². The maximum atomic E-state index is 5.93. The molecule has 0 aromatic heterocycles.